The predicted octanol–water partition coefficient (Wildman–Crippen LogP) is 1.31. The molecule has 1 fully saturated rings. The fourth-order valence-electron chi connectivity index (χ4n) is 2.64. The monoisotopic (exact) mass is 247 g/mol. The zero-order valence-electron chi connectivity index (χ0n) is 11.5. The van der Waals surface area contributed by atoms with Crippen molar-refractivity contribution in [3.8, 4) is 0 Å². The van der Waals surface area contributed by atoms with Gasteiger partial charge in [-0.15, -0.1) is 0 Å². The van der Waals surface area contributed by atoms with E-state index in [1.54, 1.807) is 0 Å². The van der Waals surface area contributed by atoms with Crippen molar-refractivity contribution >= 4 is 11.6 Å². The number of rotatable bonds is 3. The number of likely N-dealkylation sites (tertiary alicyclic amines) is 1. The van der Waals surface area contributed by atoms with Crippen molar-refractivity contribution in [1.29, 1.82) is 0 Å². The fraction of sp³-hybridized carbons (Fsp3) is 0.533. The highest BCUT2D eigenvalue weighted by molar-refractivity contribution is 5.94. The molecule has 3 nitrogen and oxygen atoms in total. The highest BCUT2D eigenvalue weighted by Gasteiger charge is 2.27. The van der Waals surface area contributed by atoms with Gasteiger partial charge in [0.25, 0.3) is 5.91 Å². The van der Waals surface area contributed by atoms with Crippen LogP contribution in [0.15, 0.2) is 18.2 Å². The standard InChI is InChI=1S/C15H22N2O/c1-11-6-7-14(12(2)10-11)16-15(18)13(3)17-8-4-5-9-17/h6-7,10,13H,4-5,8-9H2,1-3H3,(H,16,18)/p+1/t13-/m0/s1. The number of carbonyl (C=O) groups is 1. The Balaban J connectivity index is 2.01. The van der Waals surface area contributed by atoms with Gasteiger partial charge in [-0.2, -0.15) is 0 Å². The quantitative estimate of drug-likeness (QED) is 0.829. The lowest BCUT2D eigenvalue weighted by Crippen LogP contribution is -3.14. The second-order valence-electron chi connectivity index (χ2n) is 5.39. The number of quaternary nitrogens is 1. The van der Waals surface area contributed by atoms with Gasteiger partial charge in [-0.1, -0.05) is 17.7 Å². The normalized spacial score (nSPS) is 17.7. The van der Waals surface area contributed by atoms with E-state index in [4.69, 9.17) is 0 Å². The topological polar surface area (TPSA) is 33.5 Å². The Hall–Kier alpha value is -1.35. The molecule has 1 aliphatic heterocycles. The number of anilines is 1. The Labute approximate surface area is 109 Å². The molecule has 0 aromatic heterocycles. The number of carbonyl (C=O) groups excluding carboxylic acids is 1. The van der Waals surface area contributed by atoms with Gasteiger partial charge in [0, 0.05) is 18.5 Å². The van der Waals surface area contributed by atoms with Crippen molar-refractivity contribution in [2.24, 2.45) is 0 Å². The van der Waals surface area contributed by atoms with Gasteiger partial charge in [-0.3, -0.25) is 4.79 Å². The first-order valence-electron chi connectivity index (χ1n) is 6.80. The van der Waals surface area contributed by atoms with E-state index < -0.39 is 0 Å². The van der Waals surface area contributed by atoms with Crippen molar-refractivity contribution in [2.75, 3.05) is 18.4 Å². The SMILES string of the molecule is Cc1ccc(NC(=O)[C@H](C)[NH+]2CCCC2)c(C)c1. The van der Waals surface area contributed by atoms with Crippen LogP contribution in [-0.4, -0.2) is 25.0 Å². The van der Waals surface area contributed by atoms with Gasteiger partial charge >= 0.3 is 0 Å². The molecule has 3 heteroatoms. The molecule has 1 aromatic rings. The molecule has 1 amide bonds. The molecular weight excluding hydrogens is 224 g/mol. The Morgan fingerprint density at radius 3 is 2.56 bits per heavy atom. The fourth-order valence-corrected chi connectivity index (χ4v) is 2.64. The van der Waals surface area contributed by atoms with Gasteiger partial charge < -0.3 is 10.2 Å². The molecule has 0 radical (unpaired) electrons. The van der Waals surface area contributed by atoms with E-state index >= 15 is 0 Å². The summed E-state index contributed by atoms with van der Waals surface area (Å²) in [5.41, 5.74) is 3.30. The van der Waals surface area contributed by atoms with Crippen LogP contribution in [0.5, 0.6) is 0 Å². The molecule has 0 unspecified atom stereocenters. The Morgan fingerprint density at radius 1 is 1.28 bits per heavy atom. The molecule has 0 saturated carbocycles. The Kier molecular flexibility index (Phi) is 4.02. The van der Waals surface area contributed by atoms with Crippen molar-refractivity contribution in [3.63, 3.8) is 0 Å². The van der Waals surface area contributed by atoms with E-state index in [9.17, 15) is 4.79 Å². The highest BCUT2D eigenvalue weighted by atomic mass is 16.2. The first-order chi connectivity index (χ1) is 8.58. The molecule has 18 heavy (non-hydrogen) atoms. The molecule has 1 aromatic carbocycles. The van der Waals surface area contributed by atoms with E-state index in [0.29, 0.717) is 0 Å². The highest BCUT2D eigenvalue weighted by Crippen LogP contribution is 2.16. The smallest absolute Gasteiger partial charge is 0.282 e. The average molecular weight is 247 g/mol. The third-order valence-corrected chi connectivity index (χ3v) is 3.89. The van der Waals surface area contributed by atoms with E-state index in [0.717, 1.165) is 24.3 Å². The summed E-state index contributed by atoms with van der Waals surface area (Å²) in [4.78, 5) is 13.6. The number of amides is 1. The van der Waals surface area contributed by atoms with Gasteiger partial charge in [0.05, 0.1) is 13.1 Å². The molecule has 0 spiro atoms. The van der Waals surface area contributed by atoms with Crippen molar-refractivity contribution in [2.45, 2.75) is 39.7 Å². The molecule has 1 atom stereocenters. The van der Waals surface area contributed by atoms with Crippen LogP contribution >= 0.6 is 0 Å². The molecule has 0 aliphatic carbocycles. The number of hydrogen-bond acceptors (Lipinski definition) is 1. The maximum absolute atomic E-state index is 12.2. The first-order valence-corrected chi connectivity index (χ1v) is 6.80. The molecule has 2 rings (SSSR count). The van der Waals surface area contributed by atoms with Crippen molar-refractivity contribution in [3.05, 3.63) is 29.3 Å². The summed E-state index contributed by atoms with van der Waals surface area (Å²) in [5.74, 6) is 0.138. The molecule has 1 heterocycles. The third-order valence-electron chi connectivity index (χ3n) is 3.89. The predicted molar refractivity (Wildman–Crippen MR) is 73.9 cm³/mol. The molecule has 1 aliphatic rings. The average Bonchev–Trinajstić information content (AvgIpc) is 2.85. The zero-order chi connectivity index (χ0) is 13.1. The van der Waals surface area contributed by atoms with Crippen LogP contribution < -0.4 is 10.2 Å². The summed E-state index contributed by atoms with van der Waals surface area (Å²) in [7, 11) is 0. The minimum Gasteiger partial charge on any atom is -0.325 e. The minimum atomic E-state index is 0.0493. The Bertz CT molecular complexity index is 436. The van der Waals surface area contributed by atoms with E-state index in [2.05, 4.69) is 18.3 Å². The van der Waals surface area contributed by atoms with Crippen LogP contribution in [0.1, 0.15) is 30.9 Å². The summed E-state index contributed by atoms with van der Waals surface area (Å²) in [6, 6.07) is 6.18. The summed E-state index contributed by atoms with van der Waals surface area (Å²) in [5, 5.41) is 3.05. The molecule has 2 N–H and O–H groups in total. The lowest BCUT2D eigenvalue weighted by atomic mass is 10.1. The van der Waals surface area contributed by atoms with Gasteiger partial charge in [0.1, 0.15) is 0 Å². The zero-order valence-corrected chi connectivity index (χ0v) is 11.5. The van der Waals surface area contributed by atoms with Gasteiger partial charge in [-0.25, -0.2) is 0 Å². The van der Waals surface area contributed by atoms with Gasteiger partial charge in [0.15, 0.2) is 6.04 Å². The summed E-state index contributed by atoms with van der Waals surface area (Å²) < 4.78 is 0. The largest absolute Gasteiger partial charge is 0.325 e. The summed E-state index contributed by atoms with van der Waals surface area (Å²) in [6.45, 7) is 8.38. The molecule has 0 bridgehead atoms. The van der Waals surface area contributed by atoms with Crippen molar-refractivity contribution < 1.29 is 9.69 Å². The van der Waals surface area contributed by atoms with Crippen LogP contribution in [0.4, 0.5) is 5.69 Å². The third kappa shape index (κ3) is 2.91. The molecule has 98 valence electrons. The second-order valence-corrected chi connectivity index (χ2v) is 5.39. The molecule has 1 saturated heterocycles. The van der Waals surface area contributed by atoms with Crippen LogP contribution in [0.25, 0.3) is 0 Å². The van der Waals surface area contributed by atoms with E-state index in [-0.39, 0.29) is 11.9 Å². The lowest BCUT2D eigenvalue weighted by molar-refractivity contribution is -0.901. The van der Waals surface area contributed by atoms with Gasteiger partial charge in [-0.05, 0) is 32.4 Å². The second kappa shape index (κ2) is 5.53. The van der Waals surface area contributed by atoms with Gasteiger partial charge in [0.2, 0.25) is 0 Å². The molecular formula is C15H23N2O+. The van der Waals surface area contributed by atoms with E-state index in [1.807, 2.05) is 26.0 Å². The van der Waals surface area contributed by atoms with Crippen LogP contribution in [0.2, 0.25) is 0 Å². The van der Waals surface area contributed by atoms with Crippen LogP contribution in [0.3, 0.4) is 0 Å². The summed E-state index contributed by atoms with van der Waals surface area (Å²) >= 11 is 0. The van der Waals surface area contributed by atoms with Crippen LogP contribution in [-0.2, 0) is 4.79 Å². The number of benzene rings is 1. The Morgan fingerprint density at radius 2 is 1.94 bits per heavy atom. The summed E-state index contributed by atoms with van der Waals surface area (Å²) in [6.07, 6.45) is 2.49. The first kappa shape index (κ1) is 13.1. The van der Waals surface area contributed by atoms with E-state index in [1.165, 1.54) is 23.3 Å². The maximum atomic E-state index is 12.2. The number of nitrogens with one attached hydrogen (secondary N) is 2. The minimum absolute atomic E-state index is 0.0493. The lowest BCUT2D eigenvalue weighted by Gasteiger charge is -2.20. The number of aryl methyl sites for hydroxylation is 2. The van der Waals surface area contributed by atoms with Crippen molar-refractivity contribution in [1.82, 2.24) is 0 Å². The van der Waals surface area contributed by atoms with Crippen LogP contribution in [0, 0.1) is 13.8 Å². The number of hydrogen-bond donors (Lipinski definition) is 2. The maximum Gasteiger partial charge on any atom is 0.282 e.